The van der Waals surface area contributed by atoms with E-state index in [4.69, 9.17) is 4.74 Å². The molecule has 1 aliphatic rings. The van der Waals surface area contributed by atoms with Crippen molar-refractivity contribution in [2.45, 2.75) is 64.7 Å². The molecule has 0 spiro atoms. The Morgan fingerprint density at radius 2 is 1.86 bits per heavy atom. The summed E-state index contributed by atoms with van der Waals surface area (Å²) in [5.41, 5.74) is 4.82. The average molecular weight is 391 g/mol. The van der Waals surface area contributed by atoms with Crippen LogP contribution in [-0.4, -0.2) is 6.61 Å². The minimum atomic E-state index is -0.0329. The highest BCUT2D eigenvalue weighted by Gasteiger charge is 2.24. The third kappa shape index (κ3) is 4.32. The second kappa shape index (κ2) is 8.98. The van der Waals surface area contributed by atoms with Gasteiger partial charge in [0.1, 0.15) is 11.6 Å². The third-order valence-electron chi connectivity index (χ3n) is 6.32. The van der Waals surface area contributed by atoms with Crippen LogP contribution in [0.1, 0.15) is 67.7 Å². The Hall–Kier alpha value is -2.35. The van der Waals surface area contributed by atoms with E-state index in [9.17, 15) is 0 Å². The van der Waals surface area contributed by atoms with E-state index in [1.807, 2.05) is 18.2 Å². The normalized spacial score (nSPS) is 16.0. The van der Waals surface area contributed by atoms with Crippen molar-refractivity contribution < 1.29 is 9.13 Å². The van der Waals surface area contributed by atoms with Gasteiger partial charge in [-0.1, -0.05) is 63.1 Å². The van der Waals surface area contributed by atoms with Crippen molar-refractivity contribution in [1.82, 2.24) is 0 Å². The number of rotatable bonds is 7. The monoisotopic (exact) mass is 390 g/mol. The van der Waals surface area contributed by atoms with E-state index >= 15 is 4.39 Å². The Morgan fingerprint density at radius 3 is 2.69 bits per heavy atom. The first-order chi connectivity index (χ1) is 14.2. The maximum Gasteiger partial charge on any atom is 0.134 e. The molecule has 2 heteroatoms. The molecule has 0 fully saturated rings. The van der Waals surface area contributed by atoms with Gasteiger partial charge in [0.15, 0.2) is 0 Å². The van der Waals surface area contributed by atoms with Gasteiger partial charge in [-0.15, -0.1) is 0 Å². The zero-order valence-corrected chi connectivity index (χ0v) is 17.6. The molecular weight excluding hydrogens is 359 g/mol. The molecule has 0 N–H and O–H groups in total. The lowest BCUT2D eigenvalue weighted by molar-refractivity contribution is 0.305. The summed E-state index contributed by atoms with van der Waals surface area (Å²) in [6, 6.07) is 16.7. The number of hydrogen-bond acceptors (Lipinski definition) is 1. The fraction of sp³-hybridized carbons (Fsp3) is 0.407. The molecule has 1 atom stereocenters. The van der Waals surface area contributed by atoms with Crippen LogP contribution in [0.4, 0.5) is 4.39 Å². The van der Waals surface area contributed by atoms with Gasteiger partial charge in [-0.3, -0.25) is 0 Å². The number of halogens is 1. The lowest BCUT2D eigenvalue weighted by atomic mass is 9.79. The van der Waals surface area contributed by atoms with Crippen LogP contribution in [0.25, 0.3) is 10.8 Å². The molecule has 0 heterocycles. The van der Waals surface area contributed by atoms with Crippen molar-refractivity contribution in [3.05, 3.63) is 76.6 Å². The highest BCUT2D eigenvalue weighted by molar-refractivity contribution is 5.84. The lowest BCUT2D eigenvalue weighted by Gasteiger charge is -2.26. The Bertz CT molecular complexity index is 991. The van der Waals surface area contributed by atoms with Gasteiger partial charge in [0.2, 0.25) is 0 Å². The fourth-order valence-corrected chi connectivity index (χ4v) is 4.52. The zero-order valence-electron chi connectivity index (χ0n) is 17.6. The largest absolute Gasteiger partial charge is 0.494 e. The van der Waals surface area contributed by atoms with Crippen LogP contribution >= 0.6 is 0 Å². The molecule has 0 radical (unpaired) electrons. The molecule has 0 aromatic heterocycles. The third-order valence-corrected chi connectivity index (χ3v) is 6.32. The van der Waals surface area contributed by atoms with Crippen LogP contribution in [0, 0.1) is 5.82 Å². The molecule has 152 valence electrons. The second-order valence-electron chi connectivity index (χ2n) is 8.30. The van der Waals surface area contributed by atoms with Gasteiger partial charge in [-0.05, 0) is 77.8 Å². The van der Waals surface area contributed by atoms with Gasteiger partial charge >= 0.3 is 0 Å². The quantitative estimate of drug-likeness (QED) is 0.382. The second-order valence-corrected chi connectivity index (χ2v) is 8.30. The van der Waals surface area contributed by atoms with Crippen molar-refractivity contribution in [3.63, 3.8) is 0 Å². The van der Waals surface area contributed by atoms with E-state index in [1.165, 1.54) is 29.5 Å². The Kier molecular flexibility index (Phi) is 6.18. The molecule has 0 aliphatic heterocycles. The predicted octanol–water partition coefficient (Wildman–Crippen LogP) is 7.38. The average Bonchev–Trinajstić information content (AvgIpc) is 2.76. The molecule has 4 rings (SSSR count). The van der Waals surface area contributed by atoms with Crippen molar-refractivity contribution in [3.8, 4) is 5.75 Å². The molecule has 0 amide bonds. The van der Waals surface area contributed by atoms with Gasteiger partial charge in [0.25, 0.3) is 0 Å². The van der Waals surface area contributed by atoms with Crippen LogP contribution in [-0.2, 0) is 19.3 Å². The Labute approximate surface area is 173 Å². The van der Waals surface area contributed by atoms with E-state index in [0.717, 1.165) is 60.8 Å². The van der Waals surface area contributed by atoms with Crippen LogP contribution < -0.4 is 4.74 Å². The van der Waals surface area contributed by atoms with Crippen molar-refractivity contribution >= 4 is 10.8 Å². The molecule has 1 nitrogen and oxygen atoms in total. The molecule has 29 heavy (non-hydrogen) atoms. The Balaban J connectivity index is 1.51. The molecule has 3 aromatic carbocycles. The molecular formula is C27H31FO. The Morgan fingerprint density at radius 1 is 0.966 bits per heavy atom. The predicted molar refractivity (Wildman–Crippen MR) is 120 cm³/mol. The maximum atomic E-state index is 15.3. The molecule has 1 aliphatic carbocycles. The van der Waals surface area contributed by atoms with Gasteiger partial charge in [-0.25, -0.2) is 4.39 Å². The summed E-state index contributed by atoms with van der Waals surface area (Å²) in [6.45, 7) is 5.13. The van der Waals surface area contributed by atoms with Crippen LogP contribution in [0.15, 0.2) is 48.5 Å². The number of hydrogen-bond donors (Lipinski definition) is 0. The van der Waals surface area contributed by atoms with Crippen LogP contribution in [0.2, 0.25) is 0 Å². The van der Waals surface area contributed by atoms with Crippen LogP contribution in [0.3, 0.4) is 0 Å². The van der Waals surface area contributed by atoms with E-state index in [0.29, 0.717) is 0 Å². The van der Waals surface area contributed by atoms with E-state index < -0.39 is 0 Å². The number of aryl methyl sites for hydroxylation is 2. The summed E-state index contributed by atoms with van der Waals surface area (Å²) in [4.78, 5) is 0. The van der Waals surface area contributed by atoms with Gasteiger partial charge < -0.3 is 4.74 Å². The topological polar surface area (TPSA) is 9.23 Å². The minimum absolute atomic E-state index is 0.0329. The van der Waals surface area contributed by atoms with E-state index in [1.54, 1.807) is 0 Å². The molecule has 3 aromatic rings. The first-order valence-corrected chi connectivity index (χ1v) is 11.1. The maximum absolute atomic E-state index is 15.3. The summed E-state index contributed by atoms with van der Waals surface area (Å²) in [6.07, 6.45) is 7.38. The van der Waals surface area contributed by atoms with Crippen LogP contribution in [0.5, 0.6) is 5.75 Å². The smallest absolute Gasteiger partial charge is 0.134 e. The summed E-state index contributed by atoms with van der Waals surface area (Å²) in [5, 5.41) is 1.76. The number of ether oxygens (including phenoxy) is 1. The molecule has 0 bridgehead atoms. The summed E-state index contributed by atoms with van der Waals surface area (Å²) < 4.78 is 21.2. The minimum Gasteiger partial charge on any atom is -0.494 e. The number of fused-ring (bicyclic) bond motifs is 2. The molecule has 0 saturated heterocycles. The highest BCUT2D eigenvalue weighted by atomic mass is 19.1. The van der Waals surface area contributed by atoms with E-state index in [-0.39, 0.29) is 11.7 Å². The fourth-order valence-electron chi connectivity index (χ4n) is 4.52. The zero-order chi connectivity index (χ0) is 20.2. The molecule has 1 unspecified atom stereocenters. The van der Waals surface area contributed by atoms with Gasteiger partial charge in [0.05, 0.1) is 6.61 Å². The van der Waals surface area contributed by atoms with Crippen molar-refractivity contribution in [2.24, 2.45) is 0 Å². The summed E-state index contributed by atoms with van der Waals surface area (Å²) >= 11 is 0. The number of unbranched alkanes of at least 4 members (excludes halogenated alkanes) is 2. The SMILES string of the molecule is CCCCCOc1ccc2c(c1)CCC(c1ccc3cc(CC)ccc3c1F)C2. The highest BCUT2D eigenvalue weighted by Crippen LogP contribution is 2.37. The summed E-state index contributed by atoms with van der Waals surface area (Å²) in [5.74, 6) is 1.19. The van der Waals surface area contributed by atoms with Crippen molar-refractivity contribution in [2.75, 3.05) is 6.61 Å². The summed E-state index contributed by atoms with van der Waals surface area (Å²) in [7, 11) is 0. The standard InChI is InChI=1S/C27H31FO/c1-3-5-6-15-29-24-12-10-20-17-23(9-8-21(20)18-24)26-14-11-22-16-19(4-2)7-13-25(22)27(26)28/h7,10-14,16,18,23H,3-6,8-9,15,17H2,1-2H3. The lowest BCUT2D eigenvalue weighted by Crippen LogP contribution is -2.14. The van der Waals surface area contributed by atoms with E-state index in [2.05, 4.69) is 44.2 Å². The van der Waals surface area contributed by atoms with Gasteiger partial charge in [0, 0.05) is 5.39 Å². The number of benzene rings is 3. The van der Waals surface area contributed by atoms with Gasteiger partial charge in [-0.2, -0.15) is 0 Å². The molecule has 0 saturated carbocycles. The van der Waals surface area contributed by atoms with Crippen molar-refractivity contribution in [1.29, 1.82) is 0 Å². The first kappa shape index (κ1) is 19.9. The first-order valence-electron chi connectivity index (χ1n) is 11.1.